The van der Waals surface area contributed by atoms with Crippen LogP contribution < -0.4 is 5.32 Å². The molecular formula is C19H31ClN2O. The minimum atomic E-state index is 0. The molecule has 0 radical (unpaired) electrons. The maximum absolute atomic E-state index is 6.09. The molecule has 0 amide bonds. The van der Waals surface area contributed by atoms with Gasteiger partial charge in [-0.1, -0.05) is 37.3 Å². The predicted octanol–water partition coefficient (Wildman–Crippen LogP) is 3.13. The normalized spacial score (nSPS) is 26.1. The van der Waals surface area contributed by atoms with Gasteiger partial charge in [0.1, 0.15) is 0 Å². The number of hydrogen-bond acceptors (Lipinski definition) is 3. The first-order valence-electron chi connectivity index (χ1n) is 8.82. The fourth-order valence-corrected chi connectivity index (χ4v) is 3.77. The third kappa shape index (κ3) is 5.75. The topological polar surface area (TPSA) is 24.5 Å². The zero-order chi connectivity index (χ0) is 15.3. The van der Waals surface area contributed by atoms with Crippen LogP contribution in [0.15, 0.2) is 30.3 Å². The molecule has 1 atom stereocenters. The largest absolute Gasteiger partial charge is 0.378 e. The van der Waals surface area contributed by atoms with Crippen LogP contribution in [0.1, 0.15) is 31.7 Å². The van der Waals surface area contributed by atoms with Gasteiger partial charge >= 0.3 is 0 Å². The molecule has 0 aromatic heterocycles. The quantitative estimate of drug-likeness (QED) is 0.862. The van der Waals surface area contributed by atoms with Gasteiger partial charge in [-0.05, 0) is 43.2 Å². The summed E-state index contributed by atoms with van der Waals surface area (Å²) in [5.41, 5.74) is 1.86. The van der Waals surface area contributed by atoms with Gasteiger partial charge in [0.05, 0.1) is 12.7 Å². The Labute approximate surface area is 147 Å². The van der Waals surface area contributed by atoms with E-state index in [1.807, 2.05) is 0 Å². The van der Waals surface area contributed by atoms with E-state index < -0.39 is 0 Å². The summed E-state index contributed by atoms with van der Waals surface area (Å²) in [6.45, 7) is 9.30. The zero-order valence-corrected chi connectivity index (χ0v) is 15.1. The Kier molecular flexibility index (Phi) is 7.35. The molecule has 2 aliphatic heterocycles. The molecule has 2 aliphatic rings. The highest BCUT2D eigenvalue weighted by Gasteiger charge is 2.32. The predicted molar refractivity (Wildman–Crippen MR) is 98.4 cm³/mol. The second kappa shape index (κ2) is 9.03. The van der Waals surface area contributed by atoms with Crippen molar-refractivity contribution in [3.8, 4) is 0 Å². The summed E-state index contributed by atoms with van der Waals surface area (Å²) in [4.78, 5) is 2.64. The zero-order valence-electron chi connectivity index (χ0n) is 14.3. The van der Waals surface area contributed by atoms with E-state index in [0.717, 1.165) is 13.0 Å². The van der Waals surface area contributed by atoms with Crippen molar-refractivity contribution in [3.63, 3.8) is 0 Å². The maximum Gasteiger partial charge on any atom is 0.0599 e. The lowest BCUT2D eigenvalue weighted by molar-refractivity contribution is 0.00197. The Bertz CT molecular complexity index is 440. The summed E-state index contributed by atoms with van der Waals surface area (Å²) >= 11 is 0. The fraction of sp³-hybridized carbons (Fsp3) is 0.684. The minimum Gasteiger partial charge on any atom is -0.378 e. The molecule has 1 aromatic rings. The molecule has 0 bridgehead atoms. The van der Waals surface area contributed by atoms with Gasteiger partial charge in [0.25, 0.3) is 0 Å². The molecule has 130 valence electrons. The van der Waals surface area contributed by atoms with Crippen LogP contribution in [0.4, 0.5) is 0 Å². The van der Waals surface area contributed by atoms with Gasteiger partial charge in [-0.15, -0.1) is 12.4 Å². The van der Waals surface area contributed by atoms with Crippen molar-refractivity contribution < 1.29 is 4.74 Å². The van der Waals surface area contributed by atoms with E-state index in [1.54, 1.807) is 0 Å². The van der Waals surface area contributed by atoms with Crippen molar-refractivity contribution >= 4 is 12.4 Å². The highest BCUT2D eigenvalue weighted by atomic mass is 35.5. The minimum absolute atomic E-state index is 0. The molecule has 3 rings (SSSR count). The third-order valence-electron chi connectivity index (χ3n) is 5.18. The maximum atomic E-state index is 6.09. The second-order valence-corrected chi connectivity index (χ2v) is 7.32. The van der Waals surface area contributed by atoms with Crippen LogP contribution in [-0.4, -0.2) is 50.3 Å². The van der Waals surface area contributed by atoms with Gasteiger partial charge in [-0.2, -0.15) is 0 Å². The lowest BCUT2D eigenvalue weighted by atomic mass is 9.88. The van der Waals surface area contributed by atoms with Crippen LogP contribution >= 0.6 is 12.4 Å². The number of nitrogens with one attached hydrogen (secondary N) is 1. The van der Waals surface area contributed by atoms with Crippen molar-refractivity contribution in [2.75, 3.05) is 39.3 Å². The Morgan fingerprint density at radius 2 is 1.96 bits per heavy atom. The van der Waals surface area contributed by atoms with E-state index in [9.17, 15) is 0 Å². The van der Waals surface area contributed by atoms with Gasteiger partial charge in [-0.25, -0.2) is 0 Å². The van der Waals surface area contributed by atoms with E-state index in [-0.39, 0.29) is 12.4 Å². The van der Waals surface area contributed by atoms with Gasteiger partial charge in [-0.3, -0.25) is 0 Å². The Hall–Kier alpha value is -0.610. The summed E-state index contributed by atoms with van der Waals surface area (Å²) in [6, 6.07) is 10.6. The summed E-state index contributed by atoms with van der Waals surface area (Å²) in [7, 11) is 0. The average Bonchev–Trinajstić information content (AvgIpc) is 2.96. The number of benzene rings is 1. The molecule has 23 heavy (non-hydrogen) atoms. The number of ether oxygens (including phenoxy) is 1. The van der Waals surface area contributed by atoms with Crippen molar-refractivity contribution in [2.45, 2.75) is 38.7 Å². The number of piperidine rings is 1. The first-order chi connectivity index (χ1) is 10.7. The van der Waals surface area contributed by atoms with Gasteiger partial charge in [0.2, 0.25) is 0 Å². The van der Waals surface area contributed by atoms with Crippen molar-refractivity contribution in [1.82, 2.24) is 10.2 Å². The monoisotopic (exact) mass is 338 g/mol. The van der Waals surface area contributed by atoms with Gasteiger partial charge in [0, 0.05) is 26.2 Å². The Morgan fingerprint density at radius 3 is 2.61 bits per heavy atom. The summed E-state index contributed by atoms with van der Waals surface area (Å²) in [6.07, 6.45) is 5.21. The highest BCUT2D eigenvalue weighted by Crippen LogP contribution is 2.27. The molecule has 2 heterocycles. The van der Waals surface area contributed by atoms with Crippen LogP contribution in [0, 0.1) is 5.41 Å². The van der Waals surface area contributed by atoms with E-state index in [0.29, 0.717) is 11.5 Å². The summed E-state index contributed by atoms with van der Waals surface area (Å²) in [5.74, 6) is 0. The summed E-state index contributed by atoms with van der Waals surface area (Å²) < 4.78 is 6.09. The number of halogens is 1. The molecule has 4 heteroatoms. The molecule has 0 aliphatic carbocycles. The number of likely N-dealkylation sites (tertiary alicyclic amines) is 1. The molecule has 0 saturated carbocycles. The Balaban J connectivity index is 0.00000192. The molecule has 2 fully saturated rings. The van der Waals surface area contributed by atoms with E-state index >= 15 is 0 Å². The van der Waals surface area contributed by atoms with Crippen LogP contribution in [-0.2, 0) is 11.2 Å². The van der Waals surface area contributed by atoms with Crippen LogP contribution in [0.3, 0.4) is 0 Å². The van der Waals surface area contributed by atoms with E-state index in [2.05, 4.69) is 47.5 Å². The molecule has 1 unspecified atom stereocenters. The van der Waals surface area contributed by atoms with Crippen molar-refractivity contribution in [2.24, 2.45) is 5.41 Å². The third-order valence-corrected chi connectivity index (χ3v) is 5.18. The number of rotatable bonds is 6. The second-order valence-electron chi connectivity index (χ2n) is 7.32. The SMILES string of the molecule is CC1(CN2CCC(OCCc3ccccc3)CC2)CCNC1.Cl. The lowest BCUT2D eigenvalue weighted by Crippen LogP contribution is -2.43. The number of hydrogen-bond donors (Lipinski definition) is 1. The van der Waals surface area contributed by atoms with Crippen molar-refractivity contribution in [1.29, 1.82) is 0 Å². The molecule has 3 nitrogen and oxygen atoms in total. The average molecular weight is 339 g/mol. The van der Waals surface area contributed by atoms with E-state index in [4.69, 9.17) is 4.74 Å². The van der Waals surface area contributed by atoms with Crippen LogP contribution in [0.25, 0.3) is 0 Å². The Morgan fingerprint density at radius 1 is 1.22 bits per heavy atom. The van der Waals surface area contributed by atoms with Gasteiger partial charge in [0.15, 0.2) is 0 Å². The van der Waals surface area contributed by atoms with Crippen molar-refractivity contribution in [3.05, 3.63) is 35.9 Å². The van der Waals surface area contributed by atoms with Crippen LogP contribution in [0.2, 0.25) is 0 Å². The molecular weight excluding hydrogens is 308 g/mol. The first kappa shape index (κ1) is 18.7. The lowest BCUT2D eigenvalue weighted by Gasteiger charge is -2.37. The highest BCUT2D eigenvalue weighted by molar-refractivity contribution is 5.85. The summed E-state index contributed by atoms with van der Waals surface area (Å²) in [5, 5.41) is 3.50. The molecule has 2 saturated heterocycles. The fourth-order valence-electron chi connectivity index (χ4n) is 3.77. The molecule has 1 aromatic carbocycles. The smallest absolute Gasteiger partial charge is 0.0599 e. The van der Waals surface area contributed by atoms with Crippen LogP contribution in [0.5, 0.6) is 0 Å². The number of nitrogens with zero attached hydrogens (tertiary/aromatic N) is 1. The van der Waals surface area contributed by atoms with E-state index in [1.165, 1.54) is 57.5 Å². The molecule has 0 spiro atoms. The molecule has 1 N–H and O–H groups in total. The standard InChI is InChI=1S/C19H30N2O.ClH/c1-19(10-11-20-15-19)16-21-12-7-18(8-13-21)22-14-9-17-5-3-2-4-6-17;/h2-6,18,20H,7-16H2,1H3;1H. The first-order valence-corrected chi connectivity index (χ1v) is 8.82. The van der Waals surface area contributed by atoms with Gasteiger partial charge < -0.3 is 15.0 Å².